The largest absolute Gasteiger partial charge is 0.381 e. The van der Waals surface area contributed by atoms with E-state index in [1.807, 2.05) is 12.2 Å². The van der Waals surface area contributed by atoms with Gasteiger partial charge in [0.2, 0.25) is 0 Å². The van der Waals surface area contributed by atoms with Crippen LogP contribution in [0.2, 0.25) is 0 Å². The first-order valence-electron chi connectivity index (χ1n) is 5.32. The van der Waals surface area contributed by atoms with Crippen molar-refractivity contribution in [2.24, 2.45) is 16.1 Å². The lowest BCUT2D eigenvalue weighted by Crippen LogP contribution is -2.37. The summed E-state index contributed by atoms with van der Waals surface area (Å²) in [5.74, 6) is 0. The molecule has 0 atom stereocenters. The Balaban J connectivity index is 2.90. The number of nitrogens with two attached hydrogens (primary N) is 1. The van der Waals surface area contributed by atoms with E-state index < -0.39 is 0 Å². The van der Waals surface area contributed by atoms with Crippen LogP contribution in [0.1, 0.15) is 12.8 Å². The molecule has 1 saturated heterocycles. The molecule has 1 aliphatic rings. The van der Waals surface area contributed by atoms with Crippen molar-refractivity contribution < 1.29 is 4.74 Å². The molecule has 1 fully saturated rings. The molecule has 0 bridgehead atoms. The molecule has 1 heterocycles. The Kier molecular flexibility index (Phi) is 4.72. The molecule has 1 rings (SSSR count). The summed E-state index contributed by atoms with van der Waals surface area (Å²) >= 11 is 0. The standard InChI is InChI=1S/C12H20N2O/c1-3-11(4-7-14-2)12(10-13)5-8-15-9-6-12/h3-4,7H,1,5-6,8-10,13H2,2H3/b11-4+,14-7-. The summed E-state index contributed by atoms with van der Waals surface area (Å²) in [5, 5.41) is 0. The molecule has 0 amide bonds. The zero-order valence-corrected chi connectivity index (χ0v) is 9.41. The van der Waals surface area contributed by atoms with Gasteiger partial charge in [-0.3, -0.25) is 4.99 Å². The molecule has 15 heavy (non-hydrogen) atoms. The minimum atomic E-state index is 0.0428. The molecule has 0 radical (unpaired) electrons. The number of allylic oxidation sites excluding steroid dienone is 2. The average Bonchev–Trinajstić information content (AvgIpc) is 2.31. The highest BCUT2D eigenvalue weighted by molar-refractivity contribution is 5.73. The van der Waals surface area contributed by atoms with E-state index >= 15 is 0 Å². The fourth-order valence-electron chi connectivity index (χ4n) is 1.99. The first kappa shape index (κ1) is 12.1. The van der Waals surface area contributed by atoms with Crippen LogP contribution in [0.25, 0.3) is 0 Å². The van der Waals surface area contributed by atoms with Gasteiger partial charge < -0.3 is 10.5 Å². The van der Waals surface area contributed by atoms with E-state index in [2.05, 4.69) is 11.6 Å². The fourth-order valence-corrected chi connectivity index (χ4v) is 1.99. The van der Waals surface area contributed by atoms with Gasteiger partial charge in [-0.15, -0.1) is 0 Å². The number of hydrogen-bond acceptors (Lipinski definition) is 3. The minimum absolute atomic E-state index is 0.0428. The van der Waals surface area contributed by atoms with E-state index in [9.17, 15) is 0 Å². The SMILES string of the molecule is C=C/C(=C\C=N/C)C1(CN)CCOCC1. The van der Waals surface area contributed by atoms with Crippen LogP contribution < -0.4 is 5.73 Å². The third kappa shape index (κ3) is 2.76. The molecule has 3 nitrogen and oxygen atoms in total. The van der Waals surface area contributed by atoms with Crippen molar-refractivity contribution >= 4 is 6.21 Å². The summed E-state index contributed by atoms with van der Waals surface area (Å²) < 4.78 is 5.37. The Hall–Kier alpha value is -0.930. The van der Waals surface area contributed by atoms with E-state index in [1.54, 1.807) is 13.3 Å². The minimum Gasteiger partial charge on any atom is -0.381 e. The summed E-state index contributed by atoms with van der Waals surface area (Å²) in [6.45, 7) is 6.07. The number of nitrogens with zero attached hydrogens (tertiary/aromatic N) is 1. The molecule has 0 aromatic heterocycles. The molecular weight excluding hydrogens is 188 g/mol. The van der Waals surface area contributed by atoms with Crippen LogP contribution in [-0.2, 0) is 4.74 Å². The molecular formula is C12H20N2O. The summed E-state index contributed by atoms with van der Waals surface area (Å²) in [6.07, 6.45) is 7.63. The summed E-state index contributed by atoms with van der Waals surface area (Å²) in [5.41, 5.74) is 7.12. The van der Waals surface area contributed by atoms with E-state index in [-0.39, 0.29) is 5.41 Å². The maximum atomic E-state index is 5.90. The van der Waals surface area contributed by atoms with Gasteiger partial charge in [0, 0.05) is 38.4 Å². The second kappa shape index (κ2) is 5.83. The lowest BCUT2D eigenvalue weighted by Gasteiger charge is -2.37. The molecule has 0 aliphatic carbocycles. The monoisotopic (exact) mass is 208 g/mol. The number of rotatable bonds is 4. The first-order chi connectivity index (χ1) is 7.29. The molecule has 0 aromatic carbocycles. The zero-order valence-electron chi connectivity index (χ0n) is 9.41. The Morgan fingerprint density at radius 3 is 2.67 bits per heavy atom. The van der Waals surface area contributed by atoms with Crippen molar-refractivity contribution in [1.82, 2.24) is 0 Å². The van der Waals surface area contributed by atoms with Crippen LogP contribution in [0.3, 0.4) is 0 Å². The summed E-state index contributed by atoms with van der Waals surface area (Å²) in [4.78, 5) is 3.96. The second-order valence-electron chi connectivity index (χ2n) is 3.83. The third-order valence-corrected chi connectivity index (χ3v) is 3.08. The second-order valence-corrected chi connectivity index (χ2v) is 3.83. The van der Waals surface area contributed by atoms with Gasteiger partial charge in [0.15, 0.2) is 0 Å². The topological polar surface area (TPSA) is 47.6 Å². The number of hydrogen-bond donors (Lipinski definition) is 1. The van der Waals surface area contributed by atoms with E-state index in [0.717, 1.165) is 26.1 Å². The normalized spacial score (nSPS) is 21.9. The Morgan fingerprint density at radius 2 is 2.20 bits per heavy atom. The zero-order chi connectivity index (χ0) is 11.1. The maximum absolute atomic E-state index is 5.90. The third-order valence-electron chi connectivity index (χ3n) is 3.08. The van der Waals surface area contributed by atoms with E-state index in [1.165, 1.54) is 5.57 Å². The molecule has 0 spiro atoms. The van der Waals surface area contributed by atoms with Gasteiger partial charge in [0.05, 0.1) is 0 Å². The number of aliphatic imine (C=N–C) groups is 1. The summed E-state index contributed by atoms with van der Waals surface area (Å²) in [6, 6.07) is 0. The Morgan fingerprint density at radius 1 is 1.53 bits per heavy atom. The molecule has 0 unspecified atom stereocenters. The van der Waals surface area contributed by atoms with Crippen molar-refractivity contribution in [3.05, 3.63) is 24.3 Å². The predicted molar refractivity (Wildman–Crippen MR) is 64.2 cm³/mol. The van der Waals surface area contributed by atoms with Crippen molar-refractivity contribution in [2.45, 2.75) is 12.8 Å². The van der Waals surface area contributed by atoms with Gasteiger partial charge in [-0.2, -0.15) is 0 Å². The van der Waals surface area contributed by atoms with Crippen molar-refractivity contribution in [2.75, 3.05) is 26.8 Å². The fraction of sp³-hybridized carbons (Fsp3) is 0.583. The molecule has 3 heteroatoms. The predicted octanol–water partition coefficient (Wildman–Crippen LogP) is 1.55. The van der Waals surface area contributed by atoms with Gasteiger partial charge >= 0.3 is 0 Å². The van der Waals surface area contributed by atoms with E-state index in [0.29, 0.717) is 6.54 Å². The molecule has 84 valence electrons. The van der Waals surface area contributed by atoms with Gasteiger partial charge in [-0.25, -0.2) is 0 Å². The average molecular weight is 208 g/mol. The highest BCUT2D eigenvalue weighted by Crippen LogP contribution is 2.37. The van der Waals surface area contributed by atoms with Crippen LogP contribution in [0, 0.1) is 5.41 Å². The van der Waals surface area contributed by atoms with Gasteiger partial charge in [0.1, 0.15) is 0 Å². The first-order valence-corrected chi connectivity index (χ1v) is 5.32. The van der Waals surface area contributed by atoms with E-state index in [4.69, 9.17) is 10.5 Å². The highest BCUT2D eigenvalue weighted by Gasteiger charge is 2.33. The molecule has 1 aliphatic heterocycles. The van der Waals surface area contributed by atoms with Crippen LogP contribution in [0.15, 0.2) is 29.3 Å². The van der Waals surface area contributed by atoms with Gasteiger partial charge in [-0.05, 0) is 24.5 Å². The quantitative estimate of drug-likeness (QED) is 0.563. The van der Waals surface area contributed by atoms with Crippen molar-refractivity contribution in [1.29, 1.82) is 0 Å². The molecule has 0 aromatic rings. The van der Waals surface area contributed by atoms with Gasteiger partial charge in [0.25, 0.3) is 0 Å². The highest BCUT2D eigenvalue weighted by atomic mass is 16.5. The van der Waals surface area contributed by atoms with Crippen molar-refractivity contribution in [3.63, 3.8) is 0 Å². The Labute approximate surface area is 91.7 Å². The van der Waals surface area contributed by atoms with Crippen molar-refractivity contribution in [3.8, 4) is 0 Å². The number of ether oxygens (including phenoxy) is 1. The maximum Gasteiger partial charge on any atom is 0.0475 e. The Bertz CT molecular complexity index is 263. The lowest BCUT2D eigenvalue weighted by molar-refractivity contribution is 0.0374. The van der Waals surface area contributed by atoms with Crippen LogP contribution in [0.4, 0.5) is 0 Å². The molecule has 2 N–H and O–H groups in total. The van der Waals surface area contributed by atoms with Crippen LogP contribution >= 0.6 is 0 Å². The lowest BCUT2D eigenvalue weighted by atomic mass is 9.73. The molecule has 0 saturated carbocycles. The van der Waals surface area contributed by atoms with Crippen LogP contribution in [-0.4, -0.2) is 33.0 Å². The smallest absolute Gasteiger partial charge is 0.0475 e. The van der Waals surface area contributed by atoms with Crippen LogP contribution in [0.5, 0.6) is 0 Å². The summed E-state index contributed by atoms with van der Waals surface area (Å²) in [7, 11) is 1.76. The van der Waals surface area contributed by atoms with Gasteiger partial charge in [-0.1, -0.05) is 12.7 Å².